The Labute approximate surface area is 96.8 Å². The van der Waals surface area contributed by atoms with Crippen LogP contribution in [-0.4, -0.2) is 12.6 Å². The average Bonchev–Trinajstić information content (AvgIpc) is 2.81. The van der Waals surface area contributed by atoms with Crippen LogP contribution in [0, 0.1) is 0 Å². The van der Waals surface area contributed by atoms with Crippen LogP contribution in [-0.2, 0) is 0 Å². The molecule has 4 N–H and O–H groups in total. The standard InChI is InChI=1S/C13H20N2O/c14-9-13(15)10-4-3-7-12(8-10)16-11-5-1-2-6-11/h3-4,7-8,11,13H,1-2,5-6,9,14-15H2/t13-/m1/s1. The van der Waals surface area contributed by atoms with Crippen molar-refractivity contribution in [2.24, 2.45) is 11.5 Å². The largest absolute Gasteiger partial charge is 0.490 e. The Balaban J connectivity index is 2.03. The van der Waals surface area contributed by atoms with Crippen molar-refractivity contribution in [2.45, 2.75) is 37.8 Å². The number of hydrogen-bond acceptors (Lipinski definition) is 3. The zero-order chi connectivity index (χ0) is 11.4. The average molecular weight is 220 g/mol. The van der Waals surface area contributed by atoms with E-state index >= 15 is 0 Å². The lowest BCUT2D eigenvalue weighted by molar-refractivity contribution is 0.210. The van der Waals surface area contributed by atoms with E-state index in [-0.39, 0.29) is 6.04 Å². The van der Waals surface area contributed by atoms with Gasteiger partial charge >= 0.3 is 0 Å². The van der Waals surface area contributed by atoms with Gasteiger partial charge in [0, 0.05) is 12.6 Å². The number of hydrogen-bond donors (Lipinski definition) is 2. The van der Waals surface area contributed by atoms with Gasteiger partial charge in [0.05, 0.1) is 6.10 Å². The molecule has 0 radical (unpaired) electrons. The Bertz CT molecular complexity index is 334. The highest BCUT2D eigenvalue weighted by molar-refractivity contribution is 5.30. The molecule has 1 fully saturated rings. The topological polar surface area (TPSA) is 61.3 Å². The fourth-order valence-electron chi connectivity index (χ4n) is 2.15. The minimum atomic E-state index is -0.0906. The number of nitrogens with two attached hydrogens (primary N) is 2. The summed E-state index contributed by atoms with van der Waals surface area (Å²) in [6.07, 6.45) is 5.31. The Morgan fingerprint density at radius 3 is 2.75 bits per heavy atom. The van der Waals surface area contributed by atoms with Gasteiger partial charge in [-0.1, -0.05) is 12.1 Å². The molecular weight excluding hydrogens is 200 g/mol. The van der Waals surface area contributed by atoms with Gasteiger partial charge in [-0.3, -0.25) is 0 Å². The van der Waals surface area contributed by atoms with Gasteiger partial charge in [-0.25, -0.2) is 0 Å². The van der Waals surface area contributed by atoms with E-state index in [9.17, 15) is 0 Å². The zero-order valence-corrected chi connectivity index (χ0v) is 9.56. The summed E-state index contributed by atoms with van der Waals surface area (Å²) in [4.78, 5) is 0. The molecule has 1 aliphatic rings. The fraction of sp³-hybridized carbons (Fsp3) is 0.538. The maximum absolute atomic E-state index is 5.91. The van der Waals surface area contributed by atoms with Crippen LogP contribution in [0.15, 0.2) is 24.3 Å². The lowest BCUT2D eigenvalue weighted by Gasteiger charge is -2.15. The molecular formula is C13H20N2O. The fourth-order valence-corrected chi connectivity index (χ4v) is 2.15. The first-order valence-electron chi connectivity index (χ1n) is 6.02. The summed E-state index contributed by atoms with van der Waals surface area (Å²) in [5.74, 6) is 0.924. The monoisotopic (exact) mass is 220 g/mol. The van der Waals surface area contributed by atoms with E-state index in [1.165, 1.54) is 25.7 Å². The predicted molar refractivity (Wildman–Crippen MR) is 65.3 cm³/mol. The Kier molecular flexibility index (Phi) is 3.80. The predicted octanol–water partition coefficient (Wildman–Crippen LogP) is 1.97. The second kappa shape index (κ2) is 5.32. The van der Waals surface area contributed by atoms with Crippen molar-refractivity contribution in [3.8, 4) is 5.75 Å². The van der Waals surface area contributed by atoms with Gasteiger partial charge in [-0.15, -0.1) is 0 Å². The van der Waals surface area contributed by atoms with Gasteiger partial charge in [0.15, 0.2) is 0 Å². The summed E-state index contributed by atoms with van der Waals surface area (Å²) in [6.45, 7) is 0.465. The molecule has 1 aliphatic carbocycles. The molecule has 1 aromatic rings. The lowest BCUT2D eigenvalue weighted by atomic mass is 10.1. The van der Waals surface area contributed by atoms with E-state index in [0.29, 0.717) is 12.6 Å². The van der Waals surface area contributed by atoms with Crippen LogP contribution in [0.4, 0.5) is 0 Å². The van der Waals surface area contributed by atoms with Crippen LogP contribution < -0.4 is 16.2 Å². The first-order valence-corrected chi connectivity index (χ1v) is 6.02. The van der Waals surface area contributed by atoms with E-state index in [1.54, 1.807) is 0 Å². The smallest absolute Gasteiger partial charge is 0.120 e. The van der Waals surface area contributed by atoms with Gasteiger partial charge < -0.3 is 16.2 Å². The summed E-state index contributed by atoms with van der Waals surface area (Å²) in [6, 6.07) is 7.89. The quantitative estimate of drug-likeness (QED) is 0.815. The first-order chi connectivity index (χ1) is 7.79. The molecule has 0 spiro atoms. The van der Waals surface area contributed by atoms with Crippen molar-refractivity contribution in [1.29, 1.82) is 0 Å². The molecule has 0 aromatic heterocycles. The Morgan fingerprint density at radius 2 is 2.06 bits per heavy atom. The highest BCUT2D eigenvalue weighted by Crippen LogP contribution is 2.25. The molecule has 1 saturated carbocycles. The number of ether oxygens (including phenoxy) is 1. The maximum atomic E-state index is 5.91. The molecule has 1 aromatic carbocycles. The van der Waals surface area contributed by atoms with Crippen molar-refractivity contribution in [3.05, 3.63) is 29.8 Å². The molecule has 88 valence electrons. The van der Waals surface area contributed by atoms with E-state index in [4.69, 9.17) is 16.2 Å². The molecule has 0 saturated heterocycles. The molecule has 0 amide bonds. The molecule has 0 heterocycles. The summed E-state index contributed by atoms with van der Waals surface area (Å²) < 4.78 is 5.91. The van der Waals surface area contributed by atoms with Crippen molar-refractivity contribution in [1.82, 2.24) is 0 Å². The van der Waals surface area contributed by atoms with Crippen LogP contribution in [0.5, 0.6) is 5.75 Å². The maximum Gasteiger partial charge on any atom is 0.120 e. The highest BCUT2D eigenvalue weighted by atomic mass is 16.5. The van der Waals surface area contributed by atoms with Crippen LogP contribution in [0.25, 0.3) is 0 Å². The summed E-state index contributed by atoms with van der Waals surface area (Å²) in [5.41, 5.74) is 12.5. The Morgan fingerprint density at radius 1 is 1.31 bits per heavy atom. The van der Waals surface area contributed by atoms with Crippen LogP contribution in [0.1, 0.15) is 37.3 Å². The van der Waals surface area contributed by atoms with E-state index < -0.39 is 0 Å². The summed E-state index contributed by atoms with van der Waals surface area (Å²) in [5, 5.41) is 0. The SMILES string of the molecule is NC[C@@H](N)c1cccc(OC2CCCC2)c1. The highest BCUT2D eigenvalue weighted by Gasteiger charge is 2.16. The zero-order valence-electron chi connectivity index (χ0n) is 9.56. The van der Waals surface area contributed by atoms with Gasteiger partial charge in [0.2, 0.25) is 0 Å². The van der Waals surface area contributed by atoms with Crippen molar-refractivity contribution >= 4 is 0 Å². The molecule has 2 rings (SSSR count). The second-order valence-electron chi connectivity index (χ2n) is 4.44. The van der Waals surface area contributed by atoms with E-state index in [2.05, 4.69) is 0 Å². The molecule has 3 heteroatoms. The van der Waals surface area contributed by atoms with Crippen molar-refractivity contribution in [3.63, 3.8) is 0 Å². The lowest BCUT2D eigenvalue weighted by Crippen LogP contribution is -2.20. The first kappa shape index (κ1) is 11.4. The third kappa shape index (κ3) is 2.74. The van der Waals surface area contributed by atoms with Crippen molar-refractivity contribution < 1.29 is 4.74 Å². The summed E-state index contributed by atoms with van der Waals surface area (Å²) >= 11 is 0. The molecule has 0 bridgehead atoms. The molecule has 0 unspecified atom stereocenters. The number of benzene rings is 1. The molecule has 3 nitrogen and oxygen atoms in total. The molecule has 0 aliphatic heterocycles. The summed E-state index contributed by atoms with van der Waals surface area (Å²) in [7, 11) is 0. The van der Waals surface area contributed by atoms with Gasteiger partial charge in [0.1, 0.15) is 5.75 Å². The van der Waals surface area contributed by atoms with Gasteiger partial charge in [-0.05, 0) is 43.4 Å². The second-order valence-corrected chi connectivity index (χ2v) is 4.44. The molecule has 1 atom stereocenters. The normalized spacial score (nSPS) is 18.6. The van der Waals surface area contributed by atoms with E-state index in [0.717, 1.165) is 11.3 Å². The van der Waals surface area contributed by atoms with Gasteiger partial charge in [0.25, 0.3) is 0 Å². The number of rotatable bonds is 4. The minimum Gasteiger partial charge on any atom is -0.490 e. The van der Waals surface area contributed by atoms with Crippen LogP contribution >= 0.6 is 0 Å². The van der Waals surface area contributed by atoms with Gasteiger partial charge in [-0.2, -0.15) is 0 Å². The third-order valence-corrected chi connectivity index (χ3v) is 3.15. The van der Waals surface area contributed by atoms with Crippen molar-refractivity contribution in [2.75, 3.05) is 6.54 Å². The molecule has 16 heavy (non-hydrogen) atoms. The minimum absolute atomic E-state index is 0.0906. The van der Waals surface area contributed by atoms with E-state index in [1.807, 2.05) is 24.3 Å². The van der Waals surface area contributed by atoms with Crippen LogP contribution in [0.3, 0.4) is 0 Å². The Hall–Kier alpha value is -1.06. The van der Waals surface area contributed by atoms with Crippen LogP contribution in [0.2, 0.25) is 0 Å². The third-order valence-electron chi connectivity index (χ3n) is 3.15.